The number of nitrogens with zero attached hydrogens (tertiary/aromatic N) is 2. The molecule has 3 nitrogen and oxygen atoms in total. The van der Waals surface area contributed by atoms with Crippen LogP contribution in [0.2, 0.25) is 5.02 Å². The first-order valence-electron chi connectivity index (χ1n) is 7.13. The number of hydrogen-bond donors (Lipinski definition) is 1. The maximum atomic E-state index is 10.4. The topological polar surface area (TPSA) is 47.3 Å². The Morgan fingerprint density at radius 3 is 2.65 bits per heavy atom. The molecule has 1 fully saturated rings. The predicted octanol–water partition coefficient (Wildman–Crippen LogP) is 2.87. The zero-order valence-corrected chi connectivity index (χ0v) is 12.6. The summed E-state index contributed by atoms with van der Waals surface area (Å²) in [6.07, 6.45) is 2.26. The highest BCUT2D eigenvalue weighted by Crippen LogP contribution is 2.29. The van der Waals surface area contributed by atoms with Crippen molar-refractivity contribution in [3.8, 4) is 6.07 Å². The smallest absolute Gasteiger partial charge is 0.0826 e. The molecule has 0 saturated carbocycles. The van der Waals surface area contributed by atoms with Crippen LogP contribution in [0, 0.1) is 17.2 Å². The largest absolute Gasteiger partial charge is 0.388 e. The fourth-order valence-corrected chi connectivity index (χ4v) is 2.93. The molecule has 1 aromatic rings. The van der Waals surface area contributed by atoms with E-state index in [1.807, 2.05) is 18.2 Å². The Bertz CT molecular complexity index is 489. The Hall–Kier alpha value is -1.08. The van der Waals surface area contributed by atoms with Crippen LogP contribution in [0.1, 0.15) is 25.3 Å². The Labute approximate surface area is 125 Å². The van der Waals surface area contributed by atoms with Gasteiger partial charge < -0.3 is 10.0 Å². The van der Waals surface area contributed by atoms with E-state index in [4.69, 9.17) is 16.9 Å². The molecule has 1 aliphatic rings. The summed E-state index contributed by atoms with van der Waals surface area (Å²) >= 11 is 6.15. The number of aliphatic hydroxyl groups is 1. The summed E-state index contributed by atoms with van der Waals surface area (Å²) in [5, 5.41) is 20.2. The lowest BCUT2D eigenvalue weighted by Gasteiger charge is -2.39. The lowest BCUT2D eigenvalue weighted by atomic mass is 9.81. The molecule has 4 heteroatoms. The normalized spacial score (nSPS) is 20.3. The first kappa shape index (κ1) is 15.3. The molecule has 108 valence electrons. The predicted molar refractivity (Wildman–Crippen MR) is 80.6 cm³/mol. The molecule has 1 atom stereocenters. The Balaban J connectivity index is 1.84. The van der Waals surface area contributed by atoms with Crippen molar-refractivity contribution in [1.82, 2.24) is 4.90 Å². The minimum Gasteiger partial charge on any atom is -0.388 e. The van der Waals surface area contributed by atoms with Gasteiger partial charge in [0.1, 0.15) is 0 Å². The van der Waals surface area contributed by atoms with E-state index >= 15 is 0 Å². The van der Waals surface area contributed by atoms with Gasteiger partial charge in [0.25, 0.3) is 0 Å². The maximum Gasteiger partial charge on any atom is 0.0826 e. The van der Waals surface area contributed by atoms with Gasteiger partial charge in [0.2, 0.25) is 0 Å². The van der Waals surface area contributed by atoms with Gasteiger partial charge in [-0.05, 0) is 37.8 Å². The minimum absolute atomic E-state index is 0.298. The van der Waals surface area contributed by atoms with Crippen LogP contribution in [0.4, 0.5) is 0 Å². The Kier molecular flexibility index (Phi) is 5.04. The zero-order chi connectivity index (χ0) is 14.6. The number of piperidine rings is 1. The highest BCUT2D eigenvalue weighted by Gasteiger charge is 2.37. The molecule has 0 bridgehead atoms. The van der Waals surface area contributed by atoms with Gasteiger partial charge in [-0.3, -0.25) is 0 Å². The number of benzene rings is 1. The van der Waals surface area contributed by atoms with E-state index in [9.17, 15) is 5.11 Å². The third-order valence-electron chi connectivity index (χ3n) is 4.38. The zero-order valence-electron chi connectivity index (χ0n) is 11.8. The molecule has 1 N–H and O–H groups in total. The lowest BCUT2D eigenvalue weighted by Crippen LogP contribution is -2.48. The second-order valence-corrected chi connectivity index (χ2v) is 6.04. The number of hydrogen-bond acceptors (Lipinski definition) is 3. The van der Waals surface area contributed by atoms with Gasteiger partial charge in [-0.25, -0.2) is 0 Å². The molecule has 0 aliphatic carbocycles. The fourth-order valence-electron chi connectivity index (χ4n) is 2.70. The maximum absolute atomic E-state index is 10.4. The molecular weight excluding hydrogens is 272 g/mol. The van der Waals surface area contributed by atoms with Crippen molar-refractivity contribution in [2.75, 3.05) is 19.6 Å². The monoisotopic (exact) mass is 292 g/mol. The average molecular weight is 293 g/mol. The highest BCUT2D eigenvalue weighted by atomic mass is 35.5. The van der Waals surface area contributed by atoms with Crippen molar-refractivity contribution in [2.24, 2.45) is 5.92 Å². The van der Waals surface area contributed by atoms with Gasteiger partial charge in [0.05, 0.1) is 17.6 Å². The second kappa shape index (κ2) is 6.58. The summed E-state index contributed by atoms with van der Waals surface area (Å²) in [6.45, 7) is 4.43. The van der Waals surface area contributed by atoms with Crippen LogP contribution in [0.15, 0.2) is 24.3 Å². The van der Waals surface area contributed by atoms with Crippen molar-refractivity contribution in [3.63, 3.8) is 0 Å². The summed E-state index contributed by atoms with van der Waals surface area (Å²) < 4.78 is 0. The van der Waals surface area contributed by atoms with Crippen molar-refractivity contribution in [1.29, 1.82) is 5.26 Å². The third kappa shape index (κ3) is 3.52. The first-order valence-corrected chi connectivity index (χ1v) is 7.51. The molecule has 0 radical (unpaired) electrons. The van der Waals surface area contributed by atoms with Crippen LogP contribution in [-0.2, 0) is 6.42 Å². The van der Waals surface area contributed by atoms with E-state index in [1.54, 1.807) is 6.92 Å². The van der Waals surface area contributed by atoms with Crippen molar-refractivity contribution in [2.45, 2.75) is 31.8 Å². The van der Waals surface area contributed by atoms with Gasteiger partial charge in [-0.15, -0.1) is 0 Å². The van der Waals surface area contributed by atoms with Crippen molar-refractivity contribution < 1.29 is 5.11 Å². The summed E-state index contributed by atoms with van der Waals surface area (Å²) in [7, 11) is 0. The van der Waals surface area contributed by atoms with Gasteiger partial charge in [-0.1, -0.05) is 29.8 Å². The summed E-state index contributed by atoms with van der Waals surface area (Å²) in [6, 6.07) is 10.1. The average Bonchev–Trinajstić information content (AvgIpc) is 2.47. The molecule has 1 heterocycles. The molecular formula is C16H21ClN2O. The molecule has 20 heavy (non-hydrogen) atoms. The summed E-state index contributed by atoms with van der Waals surface area (Å²) in [5.74, 6) is -0.298. The van der Waals surface area contributed by atoms with Crippen LogP contribution in [0.3, 0.4) is 0 Å². The SMILES string of the molecule is CC(C#N)C1(O)CCN(CCc2ccccc2Cl)CC1. The van der Waals surface area contributed by atoms with Crippen molar-refractivity contribution in [3.05, 3.63) is 34.9 Å². The summed E-state index contributed by atoms with van der Waals surface area (Å²) in [4.78, 5) is 2.34. The lowest BCUT2D eigenvalue weighted by molar-refractivity contribution is -0.0457. The standard InChI is InChI=1S/C16H21ClN2O/c1-13(12-18)16(20)7-10-19(11-8-16)9-6-14-4-2-3-5-15(14)17/h2-5,13,20H,6-11H2,1H3. The summed E-state index contributed by atoms with van der Waals surface area (Å²) in [5.41, 5.74) is 0.357. The van der Waals surface area contributed by atoms with Crippen LogP contribution >= 0.6 is 11.6 Å². The Morgan fingerprint density at radius 1 is 1.40 bits per heavy atom. The number of halogens is 1. The van der Waals surface area contributed by atoms with E-state index in [1.165, 1.54) is 5.56 Å². The third-order valence-corrected chi connectivity index (χ3v) is 4.75. The van der Waals surface area contributed by atoms with Gasteiger partial charge in [-0.2, -0.15) is 5.26 Å². The molecule has 1 unspecified atom stereocenters. The molecule has 1 aromatic carbocycles. The molecule has 1 aliphatic heterocycles. The van der Waals surface area contributed by atoms with Gasteiger partial charge in [0.15, 0.2) is 0 Å². The number of likely N-dealkylation sites (tertiary alicyclic amines) is 1. The van der Waals surface area contributed by atoms with Crippen LogP contribution in [-0.4, -0.2) is 35.2 Å². The van der Waals surface area contributed by atoms with E-state index in [0.717, 1.165) is 31.1 Å². The second-order valence-electron chi connectivity index (χ2n) is 5.64. The van der Waals surface area contributed by atoms with Crippen LogP contribution < -0.4 is 0 Å². The van der Waals surface area contributed by atoms with Crippen LogP contribution in [0.5, 0.6) is 0 Å². The van der Waals surface area contributed by atoms with Gasteiger partial charge >= 0.3 is 0 Å². The molecule has 0 amide bonds. The Morgan fingerprint density at radius 2 is 2.05 bits per heavy atom. The van der Waals surface area contributed by atoms with E-state index in [2.05, 4.69) is 17.0 Å². The van der Waals surface area contributed by atoms with E-state index < -0.39 is 5.60 Å². The quantitative estimate of drug-likeness (QED) is 0.928. The first-order chi connectivity index (χ1) is 9.55. The number of rotatable bonds is 4. The van der Waals surface area contributed by atoms with Crippen molar-refractivity contribution >= 4 is 11.6 Å². The minimum atomic E-state index is -0.810. The number of nitriles is 1. The van der Waals surface area contributed by atoms with Crippen LogP contribution in [0.25, 0.3) is 0 Å². The van der Waals surface area contributed by atoms with E-state index in [0.29, 0.717) is 12.8 Å². The van der Waals surface area contributed by atoms with Gasteiger partial charge in [0, 0.05) is 24.7 Å². The molecule has 1 saturated heterocycles. The molecule has 0 spiro atoms. The van der Waals surface area contributed by atoms with E-state index in [-0.39, 0.29) is 5.92 Å². The molecule has 2 rings (SSSR count). The highest BCUT2D eigenvalue weighted by molar-refractivity contribution is 6.31. The molecule has 0 aromatic heterocycles. The fraction of sp³-hybridized carbons (Fsp3) is 0.562.